The van der Waals surface area contributed by atoms with E-state index in [0.717, 1.165) is 40.3 Å². The zero-order valence-corrected chi connectivity index (χ0v) is 16.7. The number of nitrogens with zero attached hydrogens (tertiary/aromatic N) is 4. The quantitative estimate of drug-likeness (QED) is 0.484. The third-order valence-electron chi connectivity index (χ3n) is 4.58. The first-order valence-electron chi connectivity index (χ1n) is 9.53. The van der Waals surface area contributed by atoms with Gasteiger partial charge in [-0.15, -0.1) is 0 Å². The molecule has 29 heavy (non-hydrogen) atoms. The van der Waals surface area contributed by atoms with Gasteiger partial charge in [-0.25, -0.2) is 14.1 Å². The Morgan fingerprint density at radius 3 is 2.62 bits per heavy atom. The van der Waals surface area contributed by atoms with E-state index in [1.54, 1.807) is 23.0 Å². The molecule has 0 fully saturated rings. The maximum Gasteiger partial charge on any atom is 0.163 e. The second-order valence-corrected chi connectivity index (χ2v) is 7.33. The number of likely N-dealkylation sites (N-methyl/N-ethyl adjacent to an activating group) is 1. The molecule has 1 unspecified atom stereocenters. The molecule has 0 saturated heterocycles. The number of ether oxygens (including phenoxy) is 1. The highest BCUT2D eigenvalue weighted by Gasteiger charge is 2.15. The average Bonchev–Trinajstić information content (AvgIpc) is 3.08. The molecule has 0 spiro atoms. The zero-order chi connectivity index (χ0) is 20.4. The van der Waals surface area contributed by atoms with Crippen LogP contribution in [0.5, 0.6) is 5.75 Å². The summed E-state index contributed by atoms with van der Waals surface area (Å²) in [5.74, 6) is 0.507. The Morgan fingerprint density at radius 2 is 1.86 bits per heavy atom. The van der Waals surface area contributed by atoms with E-state index in [9.17, 15) is 4.39 Å². The van der Waals surface area contributed by atoms with Crippen molar-refractivity contribution in [2.75, 3.05) is 20.6 Å². The minimum atomic E-state index is -0.271. The molecule has 0 bridgehead atoms. The first kappa shape index (κ1) is 19.1. The lowest BCUT2D eigenvalue weighted by molar-refractivity contribution is 0.177. The lowest BCUT2D eigenvalue weighted by atomic mass is 10.1. The molecule has 2 aromatic carbocycles. The standard InChI is InChI=1S/C23H23FN4O/c1-16(15-27(2)3)29-20-7-4-6-19(14-20)28-23-21(8-5-13-25-23)22(26-28)17-9-11-18(24)12-10-17/h4-14,16H,15H2,1-3H3. The number of hydrogen-bond donors (Lipinski definition) is 0. The Kier molecular flexibility index (Phi) is 5.27. The summed E-state index contributed by atoms with van der Waals surface area (Å²) in [4.78, 5) is 6.62. The molecule has 4 aromatic rings. The van der Waals surface area contributed by atoms with Gasteiger partial charge < -0.3 is 9.64 Å². The zero-order valence-electron chi connectivity index (χ0n) is 16.7. The predicted octanol–water partition coefficient (Wildman–Crippen LogP) is 4.56. The fraction of sp³-hybridized carbons (Fsp3) is 0.217. The Hall–Kier alpha value is -3.25. The van der Waals surface area contributed by atoms with E-state index in [0.29, 0.717) is 0 Å². The second kappa shape index (κ2) is 8.01. The largest absolute Gasteiger partial charge is 0.489 e. The highest BCUT2D eigenvalue weighted by molar-refractivity contribution is 5.92. The number of benzene rings is 2. The van der Waals surface area contributed by atoms with Crippen LogP contribution < -0.4 is 4.74 Å². The molecule has 0 aliphatic carbocycles. The first-order chi connectivity index (χ1) is 14.0. The van der Waals surface area contributed by atoms with Gasteiger partial charge in [0.25, 0.3) is 0 Å². The van der Waals surface area contributed by atoms with Crippen molar-refractivity contribution in [3.8, 4) is 22.7 Å². The van der Waals surface area contributed by atoms with Crippen molar-refractivity contribution < 1.29 is 9.13 Å². The normalized spacial score (nSPS) is 12.4. The number of pyridine rings is 1. The highest BCUT2D eigenvalue weighted by atomic mass is 19.1. The van der Waals surface area contributed by atoms with Gasteiger partial charge in [-0.2, -0.15) is 5.10 Å². The summed E-state index contributed by atoms with van der Waals surface area (Å²) in [6.07, 6.45) is 1.80. The van der Waals surface area contributed by atoms with Crippen molar-refractivity contribution in [3.05, 3.63) is 72.7 Å². The molecular weight excluding hydrogens is 367 g/mol. The van der Waals surface area contributed by atoms with Crippen LogP contribution in [-0.4, -0.2) is 46.4 Å². The molecule has 148 valence electrons. The van der Waals surface area contributed by atoms with E-state index < -0.39 is 0 Å². The molecule has 5 nitrogen and oxygen atoms in total. The molecule has 0 amide bonds. The van der Waals surface area contributed by atoms with Gasteiger partial charge in [-0.1, -0.05) is 6.07 Å². The summed E-state index contributed by atoms with van der Waals surface area (Å²) in [5.41, 5.74) is 3.21. The van der Waals surface area contributed by atoms with E-state index >= 15 is 0 Å². The summed E-state index contributed by atoms with van der Waals surface area (Å²) in [6, 6.07) is 18.0. The Balaban J connectivity index is 1.75. The third kappa shape index (κ3) is 4.12. The number of aromatic nitrogens is 3. The van der Waals surface area contributed by atoms with Crippen LogP contribution in [0.15, 0.2) is 66.9 Å². The van der Waals surface area contributed by atoms with Crippen LogP contribution in [-0.2, 0) is 0 Å². The van der Waals surface area contributed by atoms with E-state index in [-0.39, 0.29) is 11.9 Å². The fourth-order valence-corrected chi connectivity index (χ4v) is 3.43. The summed E-state index contributed by atoms with van der Waals surface area (Å²) in [7, 11) is 4.05. The molecule has 0 aliphatic heterocycles. The third-order valence-corrected chi connectivity index (χ3v) is 4.58. The number of fused-ring (bicyclic) bond motifs is 1. The summed E-state index contributed by atoms with van der Waals surface area (Å²) >= 11 is 0. The number of halogens is 1. The maximum atomic E-state index is 13.4. The van der Waals surface area contributed by atoms with Crippen molar-refractivity contribution >= 4 is 11.0 Å². The highest BCUT2D eigenvalue weighted by Crippen LogP contribution is 2.29. The topological polar surface area (TPSA) is 43.2 Å². The van der Waals surface area contributed by atoms with E-state index in [1.807, 2.05) is 57.4 Å². The smallest absolute Gasteiger partial charge is 0.163 e. The van der Waals surface area contributed by atoms with Gasteiger partial charge in [0.15, 0.2) is 5.65 Å². The second-order valence-electron chi connectivity index (χ2n) is 7.33. The van der Waals surface area contributed by atoms with E-state index in [2.05, 4.69) is 9.88 Å². The van der Waals surface area contributed by atoms with Crippen LogP contribution in [0.1, 0.15) is 6.92 Å². The van der Waals surface area contributed by atoms with Crippen LogP contribution in [0.3, 0.4) is 0 Å². The Labute approximate surface area is 169 Å². The summed E-state index contributed by atoms with van der Waals surface area (Å²) < 4.78 is 21.2. The van der Waals surface area contributed by atoms with Crippen LogP contribution in [0.4, 0.5) is 4.39 Å². The van der Waals surface area contributed by atoms with Crippen LogP contribution in [0.25, 0.3) is 28.0 Å². The Bertz CT molecular complexity index is 1120. The monoisotopic (exact) mass is 390 g/mol. The number of rotatable bonds is 6. The Morgan fingerprint density at radius 1 is 1.07 bits per heavy atom. The summed E-state index contributed by atoms with van der Waals surface area (Å²) in [5, 5.41) is 5.70. The molecule has 0 aliphatic rings. The van der Waals surface area contributed by atoms with Crippen molar-refractivity contribution in [1.29, 1.82) is 0 Å². The van der Waals surface area contributed by atoms with Crippen molar-refractivity contribution in [3.63, 3.8) is 0 Å². The van der Waals surface area contributed by atoms with Gasteiger partial charge in [-0.05, 0) is 69.6 Å². The van der Waals surface area contributed by atoms with Crippen molar-refractivity contribution in [2.45, 2.75) is 13.0 Å². The fourth-order valence-electron chi connectivity index (χ4n) is 3.43. The van der Waals surface area contributed by atoms with Gasteiger partial charge >= 0.3 is 0 Å². The average molecular weight is 390 g/mol. The molecule has 2 aromatic heterocycles. The van der Waals surface area contributed by atoms with Crippen LogP contribution >= 0.6 is 0 Å². The van der Waals surface area contributed by atoms with E-state index in [4.69, 9.17) is 9.84 Å². The molecular formula is C23H23FN4O. The van der Waals surface area contributed by atoms with Gasteiger partial charge in [0, 0.05) is 29.8 Å². The van der Waals surface area contributed by atoms with Crippen LogP contribution in [0, 0.1) is 5.82 Å². The lowest BCUT2D eigenvalue weighted by Crippen LogP contribution is -2.27. The molecule has 0 radical (unpaired) electrons. The first-order valence-corrected chi connectivity index (χ1v) is 9.53. The number of hydrogen-bond acceptors (Lipinski definition) is 4. The minimum Gasteiger partial charge on any atom is -0.489 e. The molecule has 1 atom stereocenters. The van der Waals surface area contributed by atoms with Gasteiger partial charge in [0.1, 0.15) is 23.4 Å². The molecule has 0 N–H and O–H groups in total. The summed E-state index contributed by atoms with van der Waals surface area (Å²) in [6.45, 7) is 2.87. The molecule has 4 rings (SSSR count). The minimum absolute atomic E-state index is 0.0579. The molecule has 2 heterocycles. The maximum absolute atomic E-state index is 13.4. The molecule has 6 heteroatoms. The van der Waals surface area contributed by atoms with E-state index in [1.165, 1.54) is 12.1 Å². The van der Waals surface area contributed by atoms with Crippen molar-refractivity contribution in [1.82, 2.24) is 19.7 Å². The van der Waals surface area contributed by atoms with Gasteiger partial charge in [-0.3, -0.25) is 0 Å². The van der Waals surface area contributed by atoms with Crippen LogP contribution in [0.2, 0.25) is 0 Å². The molecule has 0 saturated carbocycles. The van der Waals surface area contributed by atoms with Gasteiger partial charge in [0.05, 0.1) is 5.69 Å². The van der Waals surface area contributed by atoms with Crippen molar-refractivity contribution in [2.24, 2.45) is 0 Å². The van der Waals surface area contributed by atoms with Gasteiger partial charge in [0.2, 0.25) is 0 Å². The lowest BCUT2D eigenvalue weighted by Gasteiger charge is -2.19. The predicted molar refractivity (Wildman–Crippen MR) is 113 cm³/mol. The SMILES string of the molecule is CC(CN(C)C)Oc1cccc(-n2nc(-c3ccc(F)cc3)c3cccnc32)c1.